The van der Waals surface area contributed by atoms with Crippen molar-refractivity contribution in [2.75, 3.05) is 23.3 Å². The van der Waals surface area contributed by atoms with Gasteiger partial charge >= 0.3 is 0 Å². The minimum atomic E-state index is -0.536. The molecule has 8 nitrogen and oxygen atoms in total. The van der Waals surface area contributed by atoms with E-state index in [1.165, 1.54) is 15.9 Å². The fourth-order valence-corrected chi connectivity index (χ4v) is 6.19. The molecule has 5 rings (SSSR count). The van der Waals surface area contributed by atoms with E-state index in [2.05, 4.69) is 15.2 Å². The van der Waals surface area contributed by atoms with E-state index in [0.717, 1.165) is 73.1 Å². The monoisotopic (exact) mass is 479 g/mol. The number of primary amides is 1. The Kier molecular flexibility index (Phi) is 6.36. The number of nitrogens with two attached hydrogens (primary N) is 1. The molecular formula is C25H29N5O3S. The summed E-state index contributed by atoms with van der Waals surface area (Å²) in [6.45, 7) is 2.06. The Balaban J connectivity index is 1.34. The average molecular weight is 480 g/mol. The number of fused-ring (bicyclic) bond motifs is 3. The van der Waals surface area contributed by atoms with Crippen LogP contribution in [0.3, 0.4) is 0 Å². The normalized spacial score (nSPS) is 15.8. The van der Waals surface area contributed by atoms with Crippen LogP contribution in [-0.2, 0) is 24.2 Å². The van der Waals surface area contributed by atoms with Crippen LogP contribution in [0, 0.1) is 0 Å². The number of nitrogens with zero attached hydrogens (tertiary/aromatic N) is 3. The molecule has 9 heteroatoms. The number of aryl methyl sites for hydroxylation is 3. The number of rotatable bonds is 6. The molecule has 34 heavy (non-hydrogen) atoms. The predicted molar refractivity (Wildman–Crippen MR) is 135 cm³/mol. The standard InChI is InChI=1S/C25H29N5O3S/c26-23(32)16-8-9-19(29-11-4-1-5-12-29)18(14-16)28-21(31)10-13-30-15-27-24-22(25(30)33)17-6-2-3-7-20(17)34-24/h8-9,14-15H,1-7,10-13H2,(H2,26,32)(H,28,31). The molecule has 0 bridgehead atoms. The number of hydrogen-bond donors (Lipinski definition) is 2. The zero-order chi connectivity index (χ0) is 23.7. The van der Waals surface area contributed by atoms with Gasteiger partial charge in [0.25, 0.3) is 5.56 Å². The molecule has 1 saturated heterocycles. The lowest BCUT2D eigenvalue weighted by atomic mass is 9.97. The average Bonchev–Trinajstić information content (AvgIpc) is 3.23. The molecule has 1 aromatic carbocycles. The van der Waals surface area contributed by atoms with Crippen molar-refractivity contribution in [3.05, 3.63) is 50.9 Å². The highest BCUT2D eigenvalue weighted by Crippen LogP contribution is 2.33. The summed E-state index contributed by atoms with van der Waals surface area (Å²) < 4.78 is 1.54. The molecule has 0 spiro atoms. The predicted octanol–water partition coefficient (Wildman–Crippen LogP) is 3.45. The number of aromatic nitrogens is 2. The topological polar surface area (TPSA) is 110 Å². The van der Waals surface area contributed by atoms with Gasteiger partial charge in [0.1, 0.15) is 4.83 Å². The lowest BCUT2D eigenvalue weighted by Crippen LogP contribution is -2.31. The first kappa shape index (κ1) is 22.6. The Morgan fingerprint density at radius 1 is 1.09 bits per heavy atom. The summed E-state index contributed by atoms with van der Waals surface area (Å²) in [5.41, 5.74) is 8.37. The summed E-state index contributed by atoms with van der Waals surface area (Å²) in [5.74, 6) is -0.759. The van der Waals surface area contributed by atoms with Gasteiger partial charge in [-0.1, -0.05) is 0 Å². The van der Waals surface area contributed by atoms with E-state index >= 15 is 0 Å². The smallest absolute Gasteiger partial charge is 0.262 e. The molecule has 1 aliphatic carbocycles. The van der Waals surface area contributed by atoms with E-state index < -0.39 is 5.91 Å². The molecule has 0 atom stereocenters. The largest absolute Gasteiger partial charge is 0.370 e. The van der Waals surface area contributed by atoms with E-state index in [4.69, 9.17) is 5.73 Å². The quantitative estimate of drug-likeness (QED) is 0.563. The van der Waals surface area contributed by atoms with Crippen molar-refractivity contribution in [3.8, 4) is 0 Å². The lowest BCUT2D eigenvalue weighted by molar-refractivity contribution is -0.116. The van der Waals surface area contributed by atoms with Crippen molar-refractivity contribution in [1.82, 2.24) is 9.55 Å². The summed E-state index contributed by atoms with van der Waals surface area (Å²) in [7, 11) is 0. The van der Waals surface area contributed by atoms with Crippen LogP contribution in [0.15, 0.2) is 29.3 Å². The first-order chi connectivity index (χ1) is 16.5. The summed E-state index contributed by atoms with van der Waals surface area (Å²) in [6.07, 6.45) is 9.24. The van der Waals surface area contributed by atoms with Gasteiger partial charge in [-0.05, 0) is 68.7 Å². The van der Waals surface area contributed by atoms with Crippen LogP contribution >= 0.6 is 11.3 Å². The van der Waals surface area contributed by atoms with Crippen molar-refractivity contribution < 1.29 is 9.59 Å². The molecule has 1 aliphatic heterocycles. The summed E-state index contributed by atoms with van der Waals surface area (Å²) in [4.78, 5) is 46.6. The molecule has 2 aromatic heterocycles. The Morgan fingerprint density at radius 3 is 2.68 bits per heavy atom. The van der Waals surface area contributed by atoms with Crippen LogP contribution < -0.4 is 21.5 Å². The van der Waals surface area contributed by atoms with Crippen LogP contribution in [0.2, 0.25) is 0 Å². The molecular weight excluding hydrogens is 450 g/mol. The Bertz CT molecular complexity index is 1310. The van der Waals surface area contributed by atoms with Crippen molar-refractivity contribution in [2.45, 2.75) is 57.9 Å². The first-order valence-electron chi connectivity index (χ1n) is 12.0. The van der Waals surface area contributed by atoms with Crippen LogP contribution in [-0.4, -0.2) is 34.5 Å². The number of hydrogen-bond acceptors (Lipinski definition) is 6. The Hall–Kier alpha value is -3.20. The maximum absolute atomic E-state index is 13.2. The summed E-state index contributed by atoms with van der Waals surface area (Å²) >= 11 is 1.62. The number of anilines is 2. The fraction of sp³-hybridized carbons (Fsp3) is 0.440. The molecule has 2 amide bonds. The zero-order valence-electron chi connectivity index (χ0n) is 19.1. The number of benzene rings is 1. The van der Waals surface area contributed by atoms with E-state index in [1.807, 2.05) is 6.07 Å². The van der Waals surface area contributed by atoms with E-state index in [-0.39, 0.29) is 24.4 Å². The van der Waals surface area contributed by atoms with Gasteiger partial charge in [-0.25, -0.2) is 4.98 Å². The van der Waals surface area contributed by atoms with Crippen LogP contribution in [0.25, 0.3) is 10.2 Å². The zero-order valence-corrected chi connectivity index (χ0v) is 20.0. The molecule has 0 unspecified atom stereocenters. The van der Waals surface area contributed by atoms with Crippen LogP contribution in [0.5, 0.6) is 0 Å². The van der Waals surface area contributed by atoms with Gasteiger partial charge in [0.2, 0.25) is 11.8 Å². The van der Waals surface area contributed by atoms with Crippen LogP contribution in [0.4, 0.5) is 11.4 Å². The van der Waals surface area contributed by atoms with Crippen LogP contribution in [0.1, 0.15) is 59.3 Å². The second-order valence-corrected chi connectivity index (χ2v) is 10.2. The Labute approximate surface area is 201 Å². The minimum Gasteiger partial charge on any atom is -0.370 e. The molecule has 0 radical (unpaired) electrons. The SMILES string of the molecule is NC(=O)c1ccc(N2CCCCC2)c(NC(=O)CCn2cnc3sc4c(c3c2=O)CCCC4)c1. The number of thiophene rings is 1. The van der Waals surface area contributed by atoms with E-state index in [0.29, 0.717) is 11.3 Å². The van der Waals surface area contributed by atoms with Gasteiger partial charge in [-0.3, -0.25) is 19.0 Å². The van der Waals surface area contributed by atoms with Crippen molar-refractivity contribution >= 4 is 44.7 Å². The van der Waals surface area contributed by atoms with Gasteiger partial charge in [0.15, 0.2) is 0 Å². The number of carbonyl (C=O) groups excluding carboxylic acids is 2. The third-order valence-electron chi connectivity index (χ3n) is 6.77. The van der Waals surface area contributed by atoms with E-state index in [1.54, 1.807) is 29.8 Å². The number of nitrogens with one attached hydrogen (secondary N) is 1. The highest BCUT2D eigenvalue weighted by Gasteiger charge is 2.21. The molecule has 3 aromatic rings. The van der Waals surface area contributed by atoms with Crippen molar-refractivity contribution in [3.63, 3.8) is 0 Å². The van der Waals surface area contributed by atoms with Crippen molar-refractivity contribution in [2.24, 2.45) is 5.73 Å². The first-order valence-corrected chi connectivity index (χ1v) is 12.8. The van der Waals surface area contributed by atoms with Gasteiger partial charge < -0.3 is 16.0 Å². The summed E-state index contributed by atoms with van der Waals surface area (Å²) in [6, 6.07) is 5.19. The molecule has 0 saturated carbocycles. The fourth-order valence-electron chi connectivity index (χ4n) is 4.98. The third kappa shape index (κ3) is 4.44. The third-order valence-corrected chi connectivity index (χ3v) is 7.97. The van der Waals surface area contributed by atoms with Gasteiger partial charge in [0, 0.05) is 36.5 Å². The molecule has 178 valence electrons. The maximum Gasteiger partial charge on any atom is 0.262 e. The van der Waals surface area contributed by atoms with Gasteiger partial charge in [-0.15, -0.1) is 11.3 Å². The van der Waals surface area contributed by atoms with Gasteiger partial charge in [-0.2, -0.15) is 0 Å². The molecule has 1 fully saturated rings. The molecule has 3 heterocycles. The molecule has 3 N–H and O–H groups in total. The Morgan fingerprint density at radius 2 is 1.88 bits per heavy atom. The lowest BCUT2D eigenvalue weighted by Gasteiger charge is -2.30. The highest BCUT2D eigenvalue weighted by atomic mass is 32.1. The number of piperidine rings is 1. The molecule has 2 aliphatic rings. The summed E-state index contributed by atoms with van der Waals surface area (Å²) in [5, 5.41) is 3.68. The second kappa shape index (κ2) is 9.58. The second-order valence-electron chi connectivity index (χ2n) is 9.08. The number of carbonyl (C=O) groups is 2. The van der Waals surface area contributed by atoms with Crippen molar-refractivity contribution in [1.29, 1.82) is 0 Å². The van der Waals surface area contributed by atoms with Gasteiger partial charge in [0.05, 0.1) is 23.1 Å². The number of amides is 2. The minimum absolute atomic E-state index is 0.0677. The maximum atomic E-state index is 13.2. The highest BCUT2D eigenvalue weighted by molar-refractivity contribution is 7.18. The van der Waals surface area contributed by atoms with E-state index in [9.17, 15) is 14.4 Å².